The number of guanidine groups is 1. The first-order chi connectivity index (χ1) is 15.0. The third-order valence-corrected chi connectivity index (χ3v) is 4.52. The Morgan fingerprint density at radius 2 is 1.45 bits per heavy atom. The standard InChI is InChI=1S/C24H34N4O3/c1-5-30-22-12-9-20(17-23(22)31-6-2)14-16-27-24(25-4)26-15-13-19-7-10-21(11-8-19)28-18(3)29/h7-12,17H,5-6,13-16H2,1-4H3,(H,28,29)(H2,25,26,27). The minimum atomic E-state index is -0.0661. The summed E-state index contributed by atoms with van der Waals surface area (Å²) in [6.45, 7) is 8.17. The van der Waals surface area contributed by atoms with Gasteiger partial charge in [-0.15, -0.1) is 0 Å². The van der Waals surface area contributed by atoms with Crippen LogP contribution in [0.4, 0.5) is 5.69 Å². The van der Waals surface area contributed by atoms with Gasteiger partial charge in [0.1, 0.15) is 0 Å². The van der Waals surface area contributed by atoms with Crippen LogP contribution < -0.4 is 25.4 Å². The second kappa shape index (κ2) is 13.2. The van der Waals surface area contributed by atoms with Gasteiger partial charge in [-0.2, -0.15) is 0 Å². The molecule has 0 unspecified atom stereocenters. The Morgan fingerprint density at radius 1 is 0.871 bits per heavy atom. The van der Waals surface area contributed by atoms with Crippen molar-refractivity contribution in [2.24, 2.45) is 4.99 Å². The molecule has 0 heterocycles. The highest BCUT2D eigenvalue weighted by molar-refractivity contribution is 5.88. The second-order valence-corrected chi connectivity index (χ2v) is 6.95. The lowest BCUT2D eigenvalue weighted by atomic mass is 10.1. The van der Waals surface area contributed by atoms with E-state index >= 15 is 0 Å². The first kappa shape index (κ1) is 24.1. The molecule has 7 nitrogen and oxygen atoms in total. The number of anilines is 1. The van der Waals surface area contributed by atoms with E-state index in [1.165, 1.54) is 18.1 Å². The number of aliphatic imine (C=N–C) groups is 1. The third-order valence-electron chi connectivity index (χ3n) is 4.52. The average Bonchev–Trinajstić information content (AvgIpc) is 2.75. The molecule has 0 spiro atoms. The molecule has 0 fully saturated rings. The van der Waals surface area contributed by atoms with E-state index in [-0.39, 0.29) is 5.91 Å². The molecule has 3 N–H and O–H groups in total. The van der Waals surface area contributed by atoms with Gasteiger partial charge in [-0.1, -0.05) is 18.2 Å². The highest BCUT2D eigenvalue weighted by atomic mass is 16.5. The zero-order valence-corrected chi connectivity index (χ0v) is 19.0. The molecule has 7 heteroatoms. The predicted octanol–water partition coefficient (Wildman–Crippen LogP) is 3.39. The minimum absolute atomic E-state index is 0.0661. The van der Waals surface area contributed by atoms with Crippen LogP contribution in [0.2, 0.25) is 0 Å². The van der Waals surface area contributed by atoms with Crippen LogP contribution in [0.1, 0.15) is 31.9 Å². The molecule has 2 aromatic rings. The lowest BCUT2D eigenvalue weighted by Gasteiger charge is -2.14. The number of rotatable bonds is 11. The molecule has 0 aliphatic rings. The lowest BCUT2D eigenvalue weighted by molar-refractivity contribution is -0.114. The minimum Gasteiger partial charge on any atom is -0.490 e. The van der Waals surface area contributed by atoms with Crippen molar-refractivity contribution in [2.75, 3.05) is 38.7 Å². The van der Waals surface area contributed by atoms with Crippen LogP contribution in [-0.4, -0.2) is 45.2 Å². The number of nitrogens with one attached hydrogen (secondary N) is 3. The van der Waals surface area contributed by atoms with Crippen LogP contribution in [0.25, 0.3) is 0 Å². The van der Waals surface area contributed by atoms with Crippen LogP contribution >= 0.6 is 0 Å². The van der Waals surface area contributed by atoms with Gasteiger partial charge in [0.15, 0.2) is 17.5 Å². The van der Waals surface area contributed by atoms with Gasteiger partial charge in [-0.25, -0.2) is 0 Å². The highest BCUT2D eigenvalue weighted by Gasteiger charge is 2.06. The molecule has 0 aliphatic carbocycles. The van der Waals surface area contributed by atoms with Crippen LogP contribution in [0.15, 0.2) is 47.5 Å². The fourth-order valence-corrected chi connectivity index (χ4v) is 3.08. The third kappa shape index (κ3) is 8.58. The van der Waals surface area contributed by atoms with Crippen molar-refractivity contribution in [2.45, 2.75) is 33.6 Å². The molecule has 2 rings (SSSR count). The van der Waals surface area contributed by atoms with Crippen molar-refractivity contribution in [1.29, 1.82) is 0 Å². The Kier molecular flexibility index (Phi) is 10.2. The smallest absolute Gasteiger partial charge is 0.221 e. The number of benzene rings is 2. The van der Waals surface area contributed by atoms with E-state index in [9.17, 15) is 4.79 Å². The van der Waals surface area contributed by atoms with Crippen molar-refractivity contribution in [3.8, 4) is 11.5 Å². The van der Waals surface area contributed by atoms with Gasteiger partial charge in [-0.05, 0) is 62.1 Å². The van der Waals surface area contributed by atoms with Crippen molar-refractivity contribution in [3.05, 3.63) is 53.6 Å². The fraction of sp³-hybridized carbons (Fsp3) is 0.417. The summed E-state index contributed by atoms with van der Waals surface area (Å²) < 4.78 is 11.3. The van der Waals surface area contributed by atoms with Gasteiger partial charge in [0, 0.05) is 32.7 Å². The van der Waals surface area contributed by atoms with Gasteiger partial charge >= 0.3 is 0 Å². The van der Waals surface area contributed by atoms with E-state index < -0.39 is 0 Å². The van der Waals surface area contributed by atoms with E-state index in [1.807, 2.05) is 50.2 Å². The average molecular weight is 427 g/mol. The summed E-state index contributed by atoms with van der Waals surface area (Å²) in [4.78, 5) is 15.4. The van der Waals surface area contributed by atoms with Crippen LogP contribution in [-0.2, 0) is 17.6 Å². The van der Waals surface area contributed by atoms with E-state index in [1.54, 1.807) is 7.05 Å². The number of hydrogen-bond acceptors (Lipinski definition) is 4. The Balaban J connectivity index is 1.77. The maximum Gasteiger partial charge on any atom is 0.221 e. The van der Waals surface area contributed by atoms with Crippen molar-refractivity contribution in [3.63, 3.8) is 0 Å². The molecule has 1 amide bonds. The molecular weight excluding hydrogens is 392 g/mol. The van der Waals surface area contributed by atoms with E-state index in [2.05, 4.69) is 27.0 Å². The summed E-state index contributed by atoms with van der Waals surface area (Å²) in [6.07, 6.45) is 1.70. The summed E-state index contributed by atoms with van der Waals surface area (Å²) in [5, 5.41) is 9.45. The number of nitrogens with zero attached hydrogens (tertiary/aromatic N) is 1. The Morgan fingerprint density at radius 3 is 2.03 bits per heavy atom. The van der Waals surface area contributed by atoms with Crippen molar-refractivity contribution in [1.82, 2.24) is 10.6 Å². The zero-order valence-electron chi connectivity index (χ0n) is 19.0. The van der Waals surface area contributed by atoms with E-state index in [0.717, 1.165) is 49.1 Å². The highest BCUT2D eigenvalue weighted by Crippen LogP contribution is 2.28. The fourth-order valence-electron chi connectivity index (χ4n) is 3.08. The summed E-state index contributed by atoms with van der Waals surface area (Å²) in [6, 6.07) is 13.9. The largest absolute Gasteiger partial charge is 0.490 e. The number of carbonyl (C=O) groups is 1. The molecule has 0 aromatic heterocycles. The molecule has 0 saturated heterocycles. The van der Waals surface area contributed by atoms with E-state index in [0.29, 0.717) is 13.2 Å². The van der Waals surface area contributed by atoms with Gasteiger partial charge < -0.3 is 25.4 Å². The Labute approximate surface area is 185 Å². The van der Waals surface area contributed by atoms with Crippen LogP contribution in [0.5, 0.6) is 11.5 Å². The number of amides is 1. The normalized spacial score (nSPS) is 11.0. The quantitative estimate of drug-likeness (QED) is 0.379. The number of hydrogen-bond donors (Lipinski definition) is 3. The van der Waals surface area contributed by atoms with Gasteiger partial charge in [-0.3, -0.25) is 9.79 Å². The predicted molar refractivity (Wildman–Crippen MR) is 126 cm³/mol. The van der Waals surface area contributed by atoms with Crippen molar-refractivity contribution < 1.29 is 14.3 Å². The summed E-state index contributed by atoms with van der Waals surface area (Å²) in [7, 11) is 1.77. The molecule has 2 aromatic carbocycles. The topological polar surface area (TPSA) is 84.0 Å². The summed E-state index contributed by atoms with van der Waals surface area (Å²) in [5.41, 5.74) is 3.17. The number of carbonyl (C=O) groups excluding carboxylic acids is 1. The molecule has 31 heavy (non-hydrogen) atoms. The zero-order chi connectivity index (χ0) is 22.5. The molecule has 0 radical (unpaired) electrons. The lowest BCUT2D eigenvalue weighted by Crippen LogP contribution is -2.39. The molecule has 0 aliphatic heterocycles. The van der Waals surface area contributed by atoms with Gasteiger partial charge in [0.25, 0.3) is 0 Å². The Bertz CT molecular complexity index is 850. The summed E-state index contributed by atoms with van der Waals surface area (Å²) >= 11 is 0. The maximum absolute atomic E-state index is 11.1. The van der Waals surface area contributed by atoms with E-state index in [4.69, 9.17) is 9.47 Å². The van der Waals surface area contributed by atoms with Crippen LogP contribution in [0.3, 0.4) is 0 Å². The number of ether oxygens (including phenoxy) is 2. The first-order valence-electron chi connectivity index (χ1n) is 10.7. The second-order valence-electron chi connectivity index (χ2n) is 6.95. The molecule has 0 saturated carbocycles. The molecule has 0 atom stereocenters. The monoisotopic (exact) mass is 426 g/mol. The van der Waals surface area contributed by atoms with Gasteiger partial charge in [0.05, 0.1) is 13.2 Å². The van der Waals surface area contributed by atoms with Gasteiger partial charge in [0.2, 0.25) is 5.91 Å². The van der Waals surface area contributed by atoms with Crippen LogP contribution in [0, 0.1) is 0 Å². The first-order valence-corrected chi connectivity index (χ1v) is 10.7. The summed E-state index contributed by atoms with van der Waals surface area (Å²) in [5.74, 6) is 2.27. The molecule has 168 valence electrons. The van der Waals surface area contributed by atoms with Crippen molar-refractivity contribution >= 4 is 17.6 Å². The SMILES string of the molecule is CCOc1ccc(CCNC(=NC)NCCc2ccc(NC(C)=O)cc2)cc1OCC. The maximum atomic E-state index is 11.1. The molecule has 0 bridgehead atoms. The Hall–Kier alpha value is -3.22. The molecular formula is C24H34N4O3.